The third-order valence-corrected chi connectivity index (χ3v) is 5.00. The zero-order chi connectivity index (χ0) is 18.6. The van der Waals surface area contributed by atoms with Crippen LogP contribution in [0.15, 0.2) is 42.4 Å². The number of amides is 1. The summed E-state index contributed by atoms with van der Waals surface area (Å²) in [6.45, 7) is 0.405. The van der Waals surface area contributed by atoms with Crippen molar-refractivity contribution < 1.29 is 13.9 Å². The predicted octanol–water partition coefficient (Wildman–Crippen LogP) is 3.59. The fraction of sp³-hybridized carbons (Fsp3) is 0.381. The van der Waals surface area contributed by atoms with Crippen molar-refractivity contribution in [2.24, 2.45) is 0 Å². The monoisotopic (exact) mass is 367 g/mol. The molecule has 2 heterocycles. The second kappa shape index (κ2) is 7.86. The Morgan fingerprint density at radius 2 is 2.22 bits per heavy atom. The van der Waals surface area contributed by atoms with Crippen LogP contribution in [0.2, 0.25) is 0 Å². The van der Waals surface area contributed by atoms with Crippen molar-refractivity contribution in [3.63, 3.8) is 0 Å². The van der Waals surface area contributed by atoms with Crippen LogP contribution in [0.3, 0.4) is 0 Å². The van der Waals surface area contributed by atoms with Crippen LogP contribution >= 0.6 is 0 Å². The summed E-state index contributed by atoms with van der Waals surface area (Å²) >= 11 is 0. The molecule has 0 unspecified atom stereocenters. The number of carbonyl (C=O) groups excluding carboxylic acids is 1. The van der Waals surface area contributed by atoms with Crippen molar-refractivity contribution in [3.8, 4) is 17.0 Å². The van der Waals surface area contributed by atoms with E-state index in [-0.39, 0.29) is 17.8 Å². The van der Waals surface area contributed by atoms with Gasteiger partial charge in [-0.1, -0.05) is 11.6 Å². The summed E-state index contributed by atoms with van der Waals surface area (Å²) < 4.78 is 20.1. The van der Waals surface area contributed by atoms with Crippen molar-refractivity contribution in [1.82, 2.24) is 15.3 Å². The molecule has 0 radical (unpaired) electrons. The molecular formula is C21H22FN3O2. The van der Waals surface area contributed by atoms with Gasteiger partial charge in [-0.25, -0.2) is 4.39 Å². The summed E-state index contributed by atoms with van der Waals surface area (Å²) in [6.07, 6.45) is 12.2. The van der Waals surface area contributed by atoms with Gasteiger partial charge in [0.15, 0.2) is 0 Å². The largest absolute Gasteiger partial charge is 0.487 e. The topological polar surface area (TPSA) is 64.1 Å². The Kier molecular flexibility index (Phi) is 5.14. The van der Waals surface area contributed by atoms with Crippen molar-refractivity contribution in [2.75, 3.05) is 6.54 Å². The lowest BCUT2D eigenvalue weighted by Crippen LogP contribution is -2.34. The van der Waals surface area contributed by atoms with Crippen LogP contribution in [0.25, 0.3) is 11.3 Å². The van der Waals surface area contributed by atoms with E-state index in [0.717, 1.165) is 24.8 Å². The number of aromatic nitrogens is 2. The number of hydrogen-bond acceptors (Lipinski definition) is 4. The van der Waals surface area contributed by atoms with Gasteiger partial charge in [-0.05, 0) is 37.8 Å². The normalized spacial score (nSPS) is 18.4. The standard InChI is InChI=1S/C21H22FN3O2/c22-16-9-15-10-17(12-25-20(26)8-14-4-2-1-3-5-14)27-21(15)18(11-16)19-13-23-6-7-24-19/h4,6-7,9,11,13,17H,1-3,5,8,10,12H2,(H,25,26)/t17-/m0/s1. The Morgan fingerprint density at radius 3 is 3.00 bits per heavy atom. The fourth-order valence-electron chi connectivity index (χ4n) is 3.70. The van der Waals surface area contributed by atoms with Crippen LogP contribution in [0, 0.1) is 5.82 Å². The summed E-state index contributed by atoms with van der Waals surface area (Å²) in [5.41, 5.74) is 3.19. The van der Waals surface area contributed by atoms with Gasteiger partial charge < -0.3 is 10.1 Å². The highest BCUT2D eigenvalue weighted by Crippen LogP contribution is 2.38. The molecule has 1 aromatic heterocycles. The minimum atomic E-state index is -0.327. The number of halogens is 1. The first kappa shape index (κ1) is 17.6. The molecule has 0 bridgehead atoms. The second-order valence-electron chi connectivity index (χ2n) is 7.07. The van der Waals surface area contributed by atoms with Crippen LogP contribution in [-0.4, -0.2) is 28.5 Å². The van der Waals surface area contributed by atoms with E-state index >= 15 is 0 Å². The summed E-state index contributed by atoms with van der Waals surface area (Å²) in [4.78, 5) is 20.5. The van der Waals surface area contributed by atoms with Crippen LogP contribution in [-0.2, 0) is 11.2 Å². The fourth-order valence-corrected chi connectivity index (χ4v) is 3.70. The lowest BCUT2D eigenvalue weighted by molar-refractivity contribution is -0.120. The molecule has 2 aliphatic rings. The third kappa shape index (κ3) is 4.15. The van der Waals surface area contributed by atoms with Gasteiger partial charge in [0.05, 0.1) is 18.4 Å². The van der Waals surface area contributed by atoms with Crippen LogP contribution in [0.5, 0.6) is 5.75 Å². The zero-order valence-corrected chi connectivity index (χ0v) is 15.1. The maximum Gasteiger partial charge on any atom is 0.224 e. The predicted molar refractivity (Wildman–Crippen MR) is 99.7 cm³/mol. The zero-order valence-electron chi connectivity index (χ0n) is 15.1. The quantitative estimate of drug-likeness (QED) is 0.821. The molecule has 0 saturated heterocycles. The second-order valence-corrected chi connectivity index (χ2v) is 7.07. The van der Waals surface area contributed by atoms with Crippen molar-refractivity contribution in [2.45, 2.75) is 44.6 Å². The first-order chi connectivity index (χ1) is 13.2. The number of hydrogen-bond donors (Lipinski definition) is 1. The molecule has 1 aliphatic heterocycles. The van der Waals surface area contributed by atoms with Crippen LogP contribution < -0.4 is 10.1 Å². The summed E-state index contributed by atoms with van der Waals surface area (Å²) in [5, 5.41) is 2.95. The molecule has 27 heavy (non-hydrogen) atoms. The van der Waals surface area contributed by atoms with Crippen molar-refractivity contribution in [3.05, 3.63) is 53.8 Å². The first-order valence-corrected chi connectivity index (χ1v) is 9.39. The average Bonchev–Trinajstić information content (AvgIpc) is 3.10. The average molecular weight is 367 g/mol. The highest BCUT2D eigenvalue weighted by Gasteiger charge is 2.27. The highest BCUT2D eigenvalue weighted by atomic mass is 19.1. The lowest BCUT2D eigenvalue weighted by atomic mass is 9.97. The number of nitrogens with zero attached hydrogens (tertiary/aromatic N) is 2. The van der Waals surface area contributed by atoms with Gasteiger partial charge in [0, 0.05) is 36.4 Å². The SMILES string of the molecule is O=C(CC1=CCCCC1)NC[C@@H]1Cc2cc(F)cc(-c3cnccn3)c2O1. The molecule has 0 spiro atoms. The number of benzene rings is 1. The van der Waals surface area contributed by atoms with E-state index < -0.39 is 0 Å². The van der Waals surface area contributed by atoms with Crippen LogP contribution in [0.4, 0.5) is 4.39 Å². The Hall–Kier alpha value is -2.76. The Morgan fingerprint density at radius 1 is 1.30 bits per heavy atom. The molecule has 1 atom stereocenters. The van der Waals surface area contributed by atoms with E-state index in [1.54, 1.807) is 18.6 Å². The lowest BCUT2D eigenvalue weighted by Gasteiger charge is -2.15. The van der Waals surface area contributed by atoms with Gasteiger partial charge in [0.2, 0.25) is 5.91 Å². The number of ether oxygens (including phenoxy) is 1. The molecule has 0 fully saturated rings. The van der Waals surface area contributed by atoms with Crippen molar-refractivity contribution >= 4 is 5.91 Å². The van der Waals surface area contributed by atoms with Gasteiger partial charge in [-0.3, -0.25) is 14.8 Å². The Labute approximate surface area is 157 Å². The molecular weight excluding hydrogens is 345 g/mol. The minimum absolute atomic E-state index is 0.0167. The molecule has 2 aromatic rings. The molecule has 0 saturated carbocycles. The number of allylic oxidation sites excluding steroid dienone is 1. The minimum Gasteiger partial charge on any atom is -0.487 e. The molecule has 1 aromatic carbocycles. The molecule has 1 N–H and O–H groups in total. The summed E-state index contributed by atoms with van der Waals surface area (Å²) in [5.74, 6) is 0.320. The van der Waals surface area contributed by atoms with E-state index in [9.17, 15) is 9.18 Å². The van der Waals surface area contributed by atoms with E-state index in [1.165, 1.54) is 24.1 Å². The van der Waals surface area contributed by atoms with Gasteiger partial charge in [-0.2, -0.15) is 0 Å². The van der Waals surface area contributed by atoms with Crippen molar-refractivity contribution in [1.29, 1.82) is 0 Å². The van der Waals surface area contributed by atoms with Gasteiger partial charge in [0.25, 0.3) is 0 Å². The number of rotatable bonds is 5. The Bertz CT molecular complexity index is 867. The molecule has 1 aliphatic carbocycles. The smallest absolute Gasteiger partial charge is 0.224 e. The van der Waals surface area contributed by atoms with Gasteiger partial charge in [0.1, 0.15) is 17.7 Å². The molecule has 4 rings (SSSR count). The number of fused-ring (bicyclic) bond motifs is 1. The van der Waals surface area contributed by atoms with E-state index in [4.69, 9.17) is 4.74 Å². The first-order valence-electron chi connectivity index (χ1n) is 9.39. The van der Waals surface area contributed by atoms with Crippen LogP contribution in [0.1, 0.15) is 37.7 Å². The maximum absolute atomic E-state index is 14.0. The number of carbonyl (C=O) groups is 1. The molecule has 140 valence electrons. The summed E-state index contributed by atoms with van der Waals surface area (Å²) in [6, 6.07) is 2.91. The number of nitrogens with one attached hydrogen (secondary N) is 1. The molecule has 6 heteroatoms. The third-order valence-electron chi connectivity index (χ3n) is 5.00. The van der Waals surface area contributed by atoms with Gasteiger partial charge >= 0.3 is 0 Å². The Balaban J connectivity index is 1.41. The summed E-state index contributed by atoms with van der Waals surface area (Å²) in [7, 11) is 0. The van der Waals surface area contributed by atoms with E-state index in [1.807, 2.05) is 0 Å². The molecule has 5 nitrogen and oxygen atoms in total. The van der Waals surface area contributed by atoms with E-state index in [0.29, 0.717) is 36.4 Å². The highest BCUT2D eigenvalue weighted by molar-refractivity contribution is 5.78. The maximum atomic E-state index is 14.0. The molecule has 1 amide bonds. The van der Waals surface area contributed by atoms with Gasteiger partial charge in [-0.15, -0.1) is 0 Å². The van der Waals surface area contributed by atoms with E-state index in [2.05, 4.69) is 21.4 Å².